The highest BCUT2D eigenvalue weighted by Gasteiger charge is 2.16. The number of ether oxygens (including phenoxy) is 1. The predicted molar refractivity (Wildman–Crippen MR) is 54.4 cm³/mol. The number of methoxy groups -OCH3 is 1. The summed E-state index contributed by atoms with van der Waals surface area (Å²) in [7, 11) is 1.58. The van der Waals surface area contributed by atoms with Gasteiger partial charge >= 0.3 is 0 Å². The van der Waals surface area contributed by atoms with Crippen molar-refractivity contribution >= 4 is 17.3 Å². The number of hydrogen-bond donors (Lipinski definition) is 2. The van der Waals surface area contributed by atoms with E-state index in [0.717, 1.165) is 17.7 Å². The molecule has 0 spiro atoms. The summed E-state index contributed by atoms with van der Waals surface area (Å²) in [5, 5.41) is 2.78. The van der Waals surface area contributed by atoms with Crippen molar-refractivity contribution in [2.75, 3.05) is 18.2 Å². The molecule has 1 aromatic rings. The molecule has 0 saturated carbocycles. The topological polar surface area (TPSA) is 64.3 Å². The first-order valence-corrected chi connectivity index (χ1v) is 4.47. The zero-order valence-corrected chi connectivity index (χ0v) is 7.96. The van der Waals surface area contributed by atoms with E-state index in [1.807, 2.05) is 6.07 Å². The van der Waals surface area contributed by atoms with Crippen LogP contribution in [0.5, 0.6) is 5.75 Å². The third-order valence-electron chi connectivity index (χ3n) is 2.35. The van der Waals surface area contributed by atoms with E-state index < -0.39 is 0 Å². The Morgan fingerprint density at radius 3 is 2.93 bits per heavy atom. The van der Waals surface area contributed by atoms with Crippen molar-refractivity contribution in [3.05, 3.63) is 17.7 Å². The van der Waals surface area contributed by atoms with Gasteiger partial charge in [-0.2, -0.15) is 0 Å². The fraction of sp³-hybridized carbons (Fsp3) is 0.300. The molecular weight excluding hydrogens is 180 g/mol. The van der Waals surface area contributed by atoms with E-state index >= 15 is 0 Å². The summed E-state index contributed by atoms with van der Waals surface area (Å²) in [6.45, 7) is 0. The van der Waals surface area contributed by atoms with Crippen molar-refractivity contribution in [2.45, 2.75) is 12.8 Å². The number of nitrogen functional groups attached to an aromatic ring is 1. The van der Waals surface area contributed by atoms with Crippen molar-refractivity contribution in [1.82, 2.24) is 0 Å². The first-order chi connectivity index (χ1) is 6.70. The number of aryl methyl sites for hydroxylation is 1. The van der Waals surface area contributed by atoms with Crippen molar-refractivity contribution in [2.24, 2.45) is 0 Å². The number of nitrogens with one attached hydrogen (secondary N) is 1. The number of amides is 1. The standard InChI is InChI=1S/C10H12N2O2/c1-14-9-4-6-2-3-10(13)12-8(6)5-7(9)11/h4-5H,2-3,11H2,1H3,(H,12,13). The highest BCUT2D eigenvalue weighted by atomic mass is 16.5. The van der Waals surface area contributed by atoms with Crippen LogP contribution in [0.15, 0.2) is 12.1 Å². The average Bonchev–Trinajstić information content (AvgIpc) is 2.16. The third kappa shape index (κ3) is 1.39. The molecule has 14 heavy (non-hydrogen) atoms. The second-order valence-electron chi connectivity index (χ2n) is 3.30. The Kier molecular flexibility index (Phi) is 2.04. The smallest absolute Gasteiger partial charge is 0.224 e. The number of hydrogen-bond acceptors (Lipinski definition) is 3. The Labute approximate surface area is 82.1 Å². The molecule has 3 N–H and O–H groups in total. The number of benzene rings is 1. The van der Waals surface area contributed by atoms with Gasteiger partial charge in [0.25, 0.3) is 0 Å². The van der Waals surface area contributed by atoms with Crippen molar-refractivity contribution in [3.8, 4) is 5.75 Å². The van der Waals surface area contributed by atoms with Gasteiger partial charge in [0.15, 0.2) is 0 Å². The monoisotopic (exact) mass is 192 g/mol. The third-order valence-corrected chi connectivity index (χ3v) is 2.35. The van der Waals surface area contributed by atoms with Gasteiger partial charge in [-0.05, 0) is 24.1 Å². The van der Waals surface area contributed by atoms with Crippen molar-refractivity contribution in [3.63, 3.8) is 0 Å². The van der Waals surface area contributed by atoms with Gasteiger partial charge in [0.05, 0.1) is 12.8 Å². The summed E-state index contributed by atoms with van der Waals surface area (Å²) in [6, 6.07) is 3.62. The van der Waals surface area contributed by atoms with Crippen LogP contribution in [0.4, 0.5) is 11.4 Å². The summed E-state index contributed by atoms with van der Waals surface area (Å²) in [5.74, 6) is 0.710. The lowest BCUT2D eigenvalue weighted by Crippen LogP contribution is -2.19. The predicted octanol–water partition coefficient (Wildman–Crippen LogP) is 1.16. The fourth-order valence-electron chi connectivity index (χ4n) is 1.60. The Morgan fingerprint density at radius 1 is 1.43 bits per heavy atom. The second-order valence-corrected chi connectivity index (χ2v) is 3.30. The number of nitrogens with two attached hydrogens (primary N) is 1. The second kappa shape index (κ2) is 3.21. The van der Waals surface area contributed by atoms with E-state index in [0.29, 0.717) is 17.9 Å². The van der Waals surface area contributed by atoms with Crippen LogP contribution in [0.3, 0.4) is 0 Å². The van der Waals surface area contributed by atoms with Gasteiger partial charge in [0.2, 0.25) is 5.91 Å². The van der Waals surface area contributed by atoms with Crippen LogP contribution in [0.25, 0.3) is 0 Å². The molecule has 0 bridgehead atoms. The van der Waals surface area contributed by atoms with Crippen molar-refractivity contribution in [1.29, 1.82) is 0 Å². The van der Waals surface area contributed by atoms with Gasteiger partial charge in [-0.15, -0.1) is 0 Å². The molecule has 4 nitrogen and oxygen atoms in total. The summed E-state index contributed by atoms with van der Waals surface area (Å²) in [4.78, 5) is 11.1. The molecular formula is C10H12N2O2. The Hall–Kier alpha value is -1.71. The van der Waals surface area contributed by atoms with E-state index in [2.05, 4.69) is 5.32 Å². The largest absolute Gasteiger partial charge is 0.495 e. The molecule has 1 aromatic carbocycles. The maximum absolute atomic E-state index is 11.1. The molecule has 1 amide bonds. The lowest BCUT2D eigenvalue weighted by Gasteiger charge is -2.18. The molecule has 2 rings (SSSR count). The molecule has 0 saturated heterocycles. The molecule has 0 fully saturated rings. The molecule has 0 aromatic heterocycles. The molecule has 0 radical (unpaired) electrons. The summed E-state index contributed by atoms with van der Waals surface area (Å²) in [6.07, 6.45) is 1.28. The SMILES string of the molecule is COc1cc2c(cc1N)NC(=O)CC2. The van der Waals surface area contributed by atoms with Crippen LogP contribution in [0.1, 0.15) is 12.0 Å². The van der Waals surface area contributed by atoms with Gasteiger partial charge < -0.3 is 15.8 Å². The number of rotatable bonds is 1. The number of fused-ring (bicyclic) bond motifs is 1. The van der Waals surface area contributed by atoms with E-state index in [1.165, 1.54) is 0 Å². The number of carbonyl (C=O) groups is 1. The number of carbonyl (C=O) groups excluding carboxylic acids is 1. The molecule has 1 heterocycles. The molecule has 1 aliphatic rings. The minimum absolute atomic E-state index is 0.0436. The highest BCUT2D eigenvalue weighted by Crippen LogP contribution is 2.31. The van der Waals surface area contributed by atoms with Gasteiger partial charge in [-0.3, -0.25) is 4.79 Å². The minimum Gasteiger partial charge on any atom is -0.495 e. The van der Waals surface area contributed by atoms with E-state index in [9.17, 15) is 4.79 Å². The fourth-order valence-corrected chi connectivity index (χ4v) is 1.60. The Bertz CT molecular complexity index is 388. The number of anilines is 2. The van der Waals surface area contributed by atoms with Crippen LogP contribution in [-0.2, 0) is 11.2 Å². The van der Waals surface area contributed by atoms with Gasteiger partial charge in [-0.25, -0.2) is 0 Å². The molecule has 0 atom stereocenters. The lowest BCUT2D eigenvalue weighted by molar-refractivity contribution is -0.116. The molecule has 0 unspecified atom stereocenters. The molecule has 0 aliphatic carbocycles. The summed E-state index contributed by atoms with van der Waals surface area (Å²) >= 11 is 0. The van der Waals surface area contributed by atoms with Crippen LogP contribution in [0, 0.1) is 0 Å². The average molecular weight is 192 g/mol. The van der Waals surface area contributed by atoms with Crippen LogP contribution < -0.4 is 15.8 Å². The van der Waals surface area contributed by atoms with E-state index in [1.54, 1.807) is 13.2 Å². The molecule has 4 heteroatoms. The van der Waals surface area contributed by atoms with Crippen LogP contribution in [0.2, 0.25) is 0 Å². The van der Waals surface area contributed by atoms with Gasteiger partial charge in [0.1, 0.15) is 5.75 Å². The van der Waals surface area contributed by atoms with Crippen LogP contribution in [-0.4, -0.2) is 13.0 Å². The van der Waals surface area contributed by atoms with E-state index in [-0.39, 0.29) is 5.91 Å². The normalized spacial score (nSPS) is 14.5. The zero-order chi connectivity index (χ0) is 10.1. The Morgan fingerprint density at radius 2 is 2.21 bits per heavy atom. The minimum atomic E-state index is 0.0436. The maximum atomic E-state index is 11.1. The van der Waals surface area contributed by atoms with Gasteiger partial charge in [0, 0.05) is 12.1 Å². The first-order valence-electron chi connectivity index (χ1n) is 4.47. The first kappa shape index (κ1) is 8.87. The van der Waals surface area contributed by atoms with Gasteiger partial charge in [-0.1, -0.05) is 0 Å². The molecule has 1 aliphatic heterocycles. The maximum Gasteiger partial charge on any atom is 0.224 e. The quantitative estimate of drug-likeness (QED) is 0.656. The summed E-state index contributed by atoms with van der Waals surface area (Å²) in [5.41, 5.74) is 8.16. The lowest BCUT2D eigenvalue weighted by atomic mass is 10.0. The Balaban J connectivity index is 2.45. The highest BCUT2D eigenvalue weighted by molar-refractivity contribution is 5.94. The zero-order valence-electron chi connectivity index (χ0n) is 7.96. The molecule has 74 valence electrons. The van der Waals surface area contributed by atoms with Crippen molar-refractivity contribution < 1.29 is 9.53 Å². The van der Waals surface area contributed by atoms with E-state index in [4.69, 9.17) is 10.5 Å². The van der Waals surface area contributed by atoms with Crippen LogP contribution >= 0.6 is 0 Å². The summed E-state index contributed by atoms with van der Waals surface area (Å²) < 4.78 is 5.10.